The molecule has 2 aliphatic carbocycles. The fourth-order valence-electron chi connectivity index (χ4n) is 3.64. The van der Waals surface area contributed by atoms with Crippen LogP contribution in [0.15, 0.2) is 30.4 Å². The lowest BCUT2D eigenvalue weighted by molar-refractivity contribution is -0.171. The number of benzene rings is 1. The Morgan fingerprint density at radius 2 is 2.14 bits per heavy atom. The van der Waals surface area contributed by atoms with E-state index in [4.69, 9.17) is 4.74 Å². The van der Waals surface area contributed by atoms with Gasteiger partial charge >= 0.3 is 5.97 Å². The van der Waals surface area contributed by atoms with Crippen molar-refractivity contribution in [2.75, 3.05) is 0 Å². The van der Waals surface area contributed by atoms with Crippen LogP contribution in [0.4, 0.5) is 4.39 Å². The molecule has 0 aliphatic heterocycles. The second-order valence-corrected chi connectivity index (χ2v) is 6.31. The second-order valence-electron chi connectivity index (χ2n) is 6.31. The molecule has 1 saturated carbocycles. The van der Waals surface area contributed by atoms with Gasteiger partial charge in [0, 0.05) is 17.1 Å². The molecule has 0 N–H and O–H groups in total. The van der Waals surface area contributed by atoms with Crippen LogP contribution >= 0.6 is 0 Å². The van der Waals surface area contributed by atoms with Gasteiger partial charge in [-0.3, -0.25) is 0 Å². The minimum atomic E-state index is -0.785. The van der Waals surface area contributed by atoms with Gasteiger partial charge in [-0.25, -0.2) is 9.18 Å². The standard InChI is InChI=1S/C18H21FO2/c1-12(2)17(20)21-18(14-8-4-9-14)11-5-7-13-6-3-10-15(19)16(13)18/h3,6,10,14H,1,4-5,7-9,11H2,2H3. The highest BCUT2D eigenvalue weighted by atomic mass is 19.1. The summed E-state index contributed by atoms with van der Waals surface area (Å²) in [4.78, 5) is 12.1. The number of aryl methyl sites for hydroxylation is 1. The van der Waals surface area contributed by atoms with Gasteiger partial charge in [-0.15, -0.1) is 0 Å². The summed E-state index contributed by atoms with van der Waals surface area (Å²) >= 11 is 0. The van der Waals surface area contributed by atoms with Gasteiger partial charge < -0.3 is 4.74 Å². The summed E-state index contributed by atoms with van der Waals surface area (Å²) in [5.41, 5.74) is 1.20. The number of hydrogen-bond acceptors (Lipinski definition) is 2. The molecule has 0 radical (unpaired) electrons. The summed E-state index contributed by atoms with van der Waals surface area (Å²) < 4.78 is 20.4. The Balaban J connectivity index is 2.09. The maximum atomic E-state index is 14.5. The predicted molar refractivity (Wildman–Crippen MR) is 79.3 cm³/mol. The molecule has 2 aliphatic rings. The number of carbonyl (C=O) groups is 1. The molecule has 0 aromatic heterocycles. The van der Waals surface area contributed by atoms with Crippen molar-refractivity contribution in [2.45, 2.75) is 51.0 Å². The SMILES string of the molecule is C=C(C)C(=O)OC1(C2CCC2)CCCc2cccc(F)c21. The molecule has 0 heterocycles. The zero-order valence-electron chi connectivity index (χ0n) is 12.5. The van der Waals surface area contributed by atoms with Crippen molar-refractivity contribution in [1.29, 1.82) is 0 Å². The van der Waals surface area contributed by atoms with Crippen molar-refractivity contribution in [3.05, 3.63) is 47.3 Å². The van der Waals surface area contributed by atoms with E-state index in [0.29, 0.717) is 17.6 Å². The fraction of sp³-hybridized carbons (Fsp3) is 0.500. The van der Waals surface area contributed by atoms with Crippen molar-refractivity contribution < 1.29 is 13.9 Å². The van der Waals surface area contributed by atoms with Gasteiger partial charge in [-0.05, 0) is 50.7 Å². The van der Waals surface area contributed by atoms with Gasteiger partial charge in [0.25, 0.3) is 0 Å². The van der Waals surface area contributed by atoms with Crippen LogP contribution in [0.25, 0.3) is 0 Å². The van der Waals surface area contributed by atoms with Crippen LogP contribution in [0.1, 0.15) is 50.2 Å². The third-order valence-electron chi connectivity index (χ3n) is 4.91. The third-order valence-corrected chi connectivity index (χ3v) is 4.91. The largest absolute Gasteiger partial charge is 0.450 e. The minimum absolute atomic E-state index is 0.233. The fourth-order valence-corrected chi connectivity index (χ4v) is 3.64. The van der Waals surface area contributed by atoms with Crippen LogP contribution in [0.5, 0.6) is 0 Å². The highest BCUT2D eigenvalue weighted by Gasteiger charge is 2.50. The van der Waals surface area contributed by atoms with Gasteiger partial charge in [0.2, 0.25) is 0 Å². The first-order valence-electron chi connectivity index (χ1n) is 7.71. The highest BCUT2D eigenvalue weighted by molar-refractivity contribution is 5.87. The molecule has 0 saturated heterocycles. The summed E-state index contributed by atoms with van der Waals surface area (Å²) in [7, 11) is 0. The third kappa shape index (κ3) is 2.29. The monoisotopic (exact) mass is 288 g/mol. The number of ether oxygens (including phenoxy) is 1. The quantitative estimate of drug-likeness (QED) is 0.613. The molecule has 1 aromatic carbocycles. The molecule has 21 heavy (non-hydrogen) atoms. The topological polar surface area (TPSA) is 26.3 Å². The Morgan fingerprint density at radius 1 is 1.38 bits per heavy atom. The molecule has 0 spiro atoms. The average Bonchev–Trinajstić information content (AvgIpc) is 2.36. The summed E-state index contributed by atoms with van der Waals surface area (Å²) in [5, 5.41) is 0. The molecule has 1 unspecified atom stereocenters. The van der Waals surface area contributed by atoms with E-state index in [2.05, 4.69) is 6.58 Å². The van der Waals surface area contributed by atoms with E-state index in [1.54, 1.807) is 13.0 Å². The van der Waals surface area contributed by atoms with Gasteiger partial charge in [-0.1, -0.05) is 25.1 Å². The molecule has 1 aromatic rings. The smallest absolute Gasteiger partial charge is 0.334 e. The molecular weight excluding hydrogens is 267 g/mol. The number of esters is 1. The number of hydrogen-bond donors (Lipinski definition) is 0. The lowest BCUT2D eigenvalue weighted by Gasteiger charge is -2.47. The van der Waals surface area contributed by atoms with Gasteiger partial charge in [-0.2, -0.15) is 0 Å². The Labute approximate surface area is 125 Å². The summed E-state index contributed by atoms with van der Waals surface area (Å²) in [5.74, 6) is -0.414. The molecule has 0 amide bonds. The number of fused-ring (bicyclic) bond motifs is 1. The van der Waals surface area contributed by atoms with Crippen molar-refractivity contribution >= 4 is 5.97 Å². The first-order chi connectivity index (χ1) is 10.0. The highest BCUT2D eigenvalue weighted by Crippen LogP contribution is 2.52. The Bertz CT molecular complexity index is 589. The zero-order valence-corrected chi connectivity index (χ0v) is 12.5. The van der Waals surface area contributed by atoms with E-state index in [0.717, 1.165) is 37.7 Å². The van der Waals surface area contributed by atoms with E-state index in [1.807, 2.05) is 6.07 Å². The number of halogens is 1. The van der Waals surface area contributed by atoms with Crippen LogP contribution < -0.4 is 0 Å². The summed E-state index contributed by atoms with van der Waals surface area (Å²) in [6.45, 7) is 5.31. The maximum absolute atomic E-state index is 14.5. The molecular formula is C18H21FO2. The molecule has 1 atom stereocenters. The predicted octanol–water partition coefficient (Wildman–Crippen LogP) is 4.28. The van der Waals surface area contributed by atoms with Crippen molar-refractivity contribution in [1.82, 2.24) is 0 Å². The van der Waals surface area contributed by atoms with Crippen molar-refractivity contribution in [3.8, 4) is 0 Å². The first-order valence-corrected chi connectivity index (χ1v) is 7.71. The normalized spacial score (nSPS) is 24.9. The van der Waals surface area contributed by atoms with Crippen molar-refractivity contribution in [3.63, 3.8) is 0 Å². The Kier molecular flexibility index (Phi) is 3.60. The van der Waals surface area contributed by atoms with Crippen LogP contribution in [0.2, 0.25) is 0 Å². The average molecular weight is 288 g/mol. The second kappa shape index (κ2) is 5.28. The summed E-state index contributed by atoms with van der Waals surface area (Å²) in [6, 6.07) is 5.18. The van der Waals surface area contributed by atoms with Gasteiger partial charge in [0.15, 0.2) is 0 Å². The lowest BCUT2D eigenvalue weighted by atomic mass is 9.64. The van der Waals surface area contributed by atoms with E-state index in [9.17, 15) is 9.18 Å². The van der Waals surface area contributed by atoms with Crippen molar-refractivity contribution in [2.24, 2.45) is 5.92 Å². The van der Waals surface area contributed by atoms with E-state index < -0.39 is 11.6 Å². The lowest BCUT2D eigenvalue weighted by Crippen LogP contribution is -2.46. The maximum Gasteiger partial charge on any atom is 0.334 e. The Morgan fingerprint density at radius 3 is 2.76 bits per heavy atom. The van der Waals surface area contributed by atoms with Crippen LogP contribution in [-0.2, 0) is 21.6 Å². The zero-order chi connectivity index (χ0) is 15.0. The molecule has 3 heteroatoms. The van der Waals surface area contributed by atoms with E-state index >= 15 is 0 Å². The molecule has 112 valence electrons. The molecule has 0 bridgehead atoms. The van der Waals surface area contributed by atoms with E-state index in [-0.39, 0.29) is 11.7 Å². The first kappa shape index (κ1) is 14.3. The number of rotatable bonds is 3. The van der Waals surface area contributed by atoms with Crippen LogP contribution in [0, 0.1) is 11.7 Å². The Hall–Kier alpha value is -1.64. The molecule has 1 fully saturated rings. The van der Waals surface area contributed by atoms with E-state index in [1.165, 1.54) is 6.07 Å². The van der Waals surface area contributed by atoms with Gasteiger partial charge in [0.05, 0.1) is 0 Å². The number of carbonyl (C=O) groups excluding carboxylic acids is 1. The molecule has 3 rings (SSSR count). The van der Waals surface area contributed by atoms with Gasteiger partial charge in [0.1, 0.15) is 11.4 Å². The molecule has 2 nitrogen and oxygen atoms in total. The van der Waals surface area contributed by atoms with Crippen LogP contribution in [-0.4, -0.2) is 5.97 Å². The van der Waals surface area contributed by atoms with Crippen LogP contribution in [0.3, 0.4) is 0 Å². The summed E-state index contributed by atoms with van der Waals surface area (Å²) in [6.07, 6.45) is 5.61. The minimum Gasteiger partial charge on any atom is -0.450 e.